The fraction of sp³-hybridized carbons (Fsp3) is 0.429. The molecule has 2 N–H and O–H groups in total. The monoisotopic (exact) mass is 278 g/mol. The van der Waals surface area contributed by atoms with Gasteiger partial charge in [-0.05, 0) is 31.0 Å². The average molecular weight is 279 g/mol. The zero-order valence-electron chi connectivity index (χ0n) is 10.4. The summed E-state index contributed by atoms with van der Waals surface area (Å²) in [6, 6.07) is 4.88. The number of nitrogens with two attached hydrogens (primary N) is 1. The van der Waals surface area contributed by atoms with Crippen molar-refractivity contribution in [3.05, 3.63) is 23.2 Å². The Labute approximate surface area is 116 Å². The summed E-state index contributed by atoms with van der Waals surface area (Å²) in [6.45, 7) is 0. The molecule has 1 aliphatic heterocycles. The van der Waals surface area contributed by atoms with E-state index in [1.165, 1.54) is 4.90 Å². The third-order valence-electron chi connectivity index (χ3n) is 4.08. The largest absolute Gasteiger partial charge is 0.397 e. The molecule has 5 heteroatoms. The van der Waals surface area contributed by atoms with Crippen molar-refractivity contribution in [3.8, 4) is 0 Å². The molecule has 0 radical (unpaired) electrons. The van der Waals surface area contributed by atoms with Crippen LogP contribution in [0.3, 0.4) is 0 Å². The molecule has 1 saturated heterocycles. The van der Waals surface area contributed by atoms with Crippen LogP contribution in [0.25, 0.3) is 0 Å². The van der Waals surface area contributed by atoms with Gasteiger partial charge in [0.05, 0.1) is 28.2 Å². The molecule has 19 heavy (non-hydrogen) atoms. The lowest BCUT2D eigenvalue weighted by Crippen LogP contribution is -2.30. The lowest BCUT2D eigenvalue weighted by molar-refractivity contribution is -0.122. The molecule has 2 atom stereocenters. The fourth-order valence-corrected chi connectivity index (χ4v) is 3.20. The van der Waals surface area contributed by atoms with Crippen molar-refractivity contribution in [1.82, 2.24) is 0 Å². The molecule has 2 unspecified atom stereocenters. The number of benzene rings is 1. The van der Waals surface area contributed by atoms with Gasteiger partial charge in [0.2, 0.25) is 11.8 Å². The molecule has 1 heterocycles. The third kappa shape index (κ3) is 1.91. The van der Waals surface area contributed by atoms with Gasteiger partial charge < -0.3 is 5.73 Å². The van der Waals surface area contributed by atoms with Gasteiger partial charge in [-0.3, -0.25) is 9.59 Å². The Morgan fingerprint density at radius 1 is 1.11 bits per heavy atom. The van der Waals surface area contributed by atoms with Gasteiger partial charge in [-0.25, -0.2) is 4.90 Å². The molecular formula is C14H15ClN2O2. The zero-order valence-corrected chi connectivity index (χ0v) is 11.2. The van der Waals surface area contributed by atoms with E-state index in [0.717, 1.165) is 25.7 Å². The topological polar surface area (TPSA) is 63.4 Å². The molecule has 0 aromatic heterocycles. The van der Waals surface area contributed by atoms with Gasteiger partial charge >= 0.3 is 0 Å². The fourth-order valence-electron chi connectivity index (χ4n) is 3.09. The first-order valence-corrected chi connectivity index (χ1v) is 6.90. The van der Waals surface area contributed by atoms with E-state index < -0.39 is 0 Å². The molecule has 1 aliphatic carbocycles. The van der Waals surface area contributed by atoms with Crippen LogP contribution in [0.2, 0.25) is 5.02 Å². The van der Waals surface area contributed by atoms with Crippen LogP contribution < -0.4 is 10.6 Å². The van der Waals surface area contributed by atoms with E-state index in [0.29, 0.717) is 16.4 Å². The van der Waals surface area contributed by atoms with Crippen molar-refractivity contribution in [2.45, 2.75) is 25.7 Å². The summed E-state index contributed by atoms with van der Waals surface area (Å²) < 4.78 is 0. The van der Waals surface area contributed by atoms with Crippen molar-refractivity contribution in [2.24, 2.45) is 11.8 Å². The van der Waals surface area contributed by atoms with Gasteiger partial charge in [-0.2, -0.15) is 0 Å². The molecule has 1 aromatic rings. The number of halogens is 1. The van der Waals surface area contributed by atoms with Crippen molar-refractivity contribution >= 4 is 34.8 Å². The number of fused-ring (bicyclic) bond motifs is 1. The molecule has 2 amide bonds. The van der Waals surface area contributed by atoms with Gasteiger partial charge in [-0.15, -0.1) is 0 Å². The maximum absolute atomic E-state index is 12.4. The molecular weight excluding hydrogens is 264 g/mol. The van der Waals surface area contributed by atoms with E-state index in [2.05, 4.69) is 0 Å². The Bertz CT molecular complexity index is 534. The number of carbonyl (C=O) groups excluding carboxylic acids is 2. The van der Waals surface area contributed by atoms with E-state index in [-0.39, 0.29) is 23.7 Å². The summed E-state index contributed by atoms with van der Waals surface area (Å²) in [7, 11) is 0. The van der Waals surface area contributed by atoms with E-state index >= 15 is 0 Å². The number of hydrogen-bond donors (Lipinski definition) is 1. The number of rotatable bonds is 1. The standard InChI is InChI=1S/C14H15ClN2O2/c15-11-6-5-8(7-12(11)16)17-13(18)9-3-1-2-4-10(9)14(17)19/h5-7,9-10H,1-4,16H2. The second-order valence-electron chi connectivity index (χ2n) is 5.22. The van der Waals surface area contributed by atoms with Gasteiger partial charge in [-0.1, -0.05) is 24.4 Å². The third-order valence-corrected chi connectivity index (χ3v) is 4.42. The van der Waals surface area contributed by atoms with E-state index in [1.54, 1.807) is 18.2 Å². The molecule has 0 spiro atoms. The predicted octanol–water partition coefficient (Wildman–Crippen LogP) is 2.60. The van der Waals surface area contributed by atoms with Crippen molar-refractivity contribution in [1.29, 1.82) is 0 Å². The maximum Gasteiger partial charge on any atom is 0.237 e. The highest BCUT2D eigenvalue weighted by Crippen LogP contribution is 2.40. The number of nitrogens with zero attached hydrogens (tertiary/aromatic N) is 1. The Morgan fingerprint density at radius 2 is 1.68 bits per heavy atom. The quantitative estimate of drug-likeness (QED) is 0.634. The SMILES string of the molecule is Nc1cc(N2C(=O)C3CCCCC3C2=O)ccc1Cl. The Hall–Kier alpha value is -1.55. The van der Waals surface area contributed by atoms with Crippen LogP contribution in [0.4, 0.5) is 11.4 Å². The molecule has 3 rings (SSSR count). The minimum absolute atomic E-state index is 0.0866. The predicted molar refractivity (Wildman–Crippen MR) is 73.8 cm³/mol. The molecule has 100 valence electrons. The van der Waals surface area contributed by atoms with E-state index in [1.807, 2.05) is 0 Å². The van der Waals surface area contributed by atoms with Gasteiger partial charge in [0, 0.05) is 0 Å². The number of hydrogen-bond acceptors (Lipinski definition) is 3. The first kappa shape index (κ1) is 12.5. The van der Waals surface area contributed by atoms with Crippen LogP contribution in [0.5, 0.6) is 0 Å². The Balaban J connectivity index is 1.98. The molecule has 2 aliphatic rings. The van der Waals surface area contributed by atoms with E-state index in [9.17, 15) is 9.59 Å². The summed E-state index contributed by atoms with van der Waals surface area (Å²) in [6.07, 6.45) is 3.68. The smallest absolute Gasteiger partial charge is 0.237 e. The highest BCUT2D eigenvalue weighted by atomic mass is 35.5. The summed E-state index contributed by atoms with van der Waals surface area (Å²) in [5.41, 5.74) is 6.66. The average Bonchev–Trinajstić information content (AvgIpc) is 2.66. The zero-order chi connectivity index (χ0) is 13.6. The lowest BCUT2D eigenvalue weighted by atomic mass is 9.81. The van der Waals surface area contributed by atoms with Crippen molar-refractivity contribution in [2.75, 3.05) is 10.6 Å². The Kier molecular flexibility index (Phi) is 2.97. The van der Waals surface area contributed by atoms with Crippen LogP contribution >= 0.6 is 11.6 Å². The highest BCUT2D eigenvalue weighted by molar-refractivity contribution is 6.33. The first-order valence-electron chi connectivity index (χ1n) is 6.52. The van der Waals surface area contributed by atoms with Crippen molar-refractivity contribution < 1.29 is 9.59 Å². The van der Waals surface area contributed by atoms with Crippen molar-refractivity contribution in [3.63, 3.8) is 0 Å². The Morgan fingerprint density at radius 3 is 2.21 bits per heavy atom. The second-order valence-corrected chi connectivity index (χ2v) is 5.62. The summed E-state index contributed by atoms with van der Waals surface area (Å²) in [4.78, 5) is 26.0. The minimum Gasteiger partial charge on any atom is -0.397 e. The van der Waals surface area contributed by atoms with Gasteiger partial charge in [0.15, 0.2) is 0 Å². The van der Waals surface area contributed by atoms with Crippen LogP contribution in [-0.4, -0.2) is 11.8 Å². The van der Waals surface area contributed by atoms with Crippen LogP contribution in [0, 0.1) is 11.8 Å². The molecule has 1 aromatic carbocycles. The molecule has 1 saturated carbocycles. The summed E-state index contributed by atoms with van der Waals surface area (Å²) >= 11 is 5.87. The van der Waals surface area contributed by atoms with Gasteiger partial charge in [0.1, 0.15) is 0 Å². The second kappa shape index (κ2) is 4.53. The number of imide groups is 1. The van der Waals surface area contributed by atoms with Crippen LogP contribution in [0.1, 0.15) is 25.7 Å². The minimum atomic E-state index is -0.141. The molecule has 0 bridgehead atoms. The molecule has 4 nitrogen and oxygen atoms in total. The van der Waals surface area contributed by atoms with Crippen LogP contribution in [-0.2, 0) is 9.59 Å². The van der Waals surface area contributed by atoms with E-state index in [4.69, 9.17) is 17.3 Å². The normalized spacial score (nSPS) is 26.7. The number of nitrogen functional groups attached to an aromatic ring is 1. The maximum atomic E-state index is 12.4. The first-order chi connectivity index (χ1) is 9.09. The van der Waals surface area contributed by atoms with Crippen LogP contribution in [0.15, 0.2) is 18.2 Å². The summed E-state index contributed by atoms with van der Waals surface area (Å²) in [5.74, 6) is -0.454. The summed E-state index contributed by atoms with van der Waals surface area (Å²) in [5, 5.41) is 0.431. The number of carbonyl (C=O) groups is 2. The highest BCUT2D eigenvalue weighted by Gasteiger charge is 2.48. The number of anilines is 2. The molecule has 2 fully saturated rings. The number of amides is 2. The lowest BCUT2D eigenvalue weighted by Gasteiger charge is -2.19. The van der Waals surface area contributed by atoms with Gasteiger partial charge in [0.25, 0.3) is 0 Å².